The van der Waals surface area contributed by atoms with Gasteiger partial charge in [-0.1, -0.05) is 25.1 Å². The van der Waals surface area contributed by atoms with Crippen LogP contribution in [-0.2, 0) is 13.5 Å². The van der Waals surface area contributed by atoms with Gasteiger partial charge in [-0.3, -0.25) is 9.67 Å². The van der Waals surface area contributed by atoms with Crippen LogP contribution in [0.15, 0.2) is 52.6 Å². The molecule has 1 aromatic carbocycles. The van der Waals surface area contributed by atoms with Gasteiger partial charge >= 0.3 is 0 Å². The van der Waals surface area contributed by atoms with E-state index in [1.807, 2.05) is 42.0 Å². The Hall–Kier alpha value is -1.22. The van der Waals surface area contributed by atoms with E-state index in [4.69, 9.17) is 4.99 Å². The topological polar surface area (TPSA) is 54.2 Å². The quantitative estimate of drug-likeness (QED) is 0.267. The number of hydrogen-bond acceptors (Lipinski definition) is 3. The van der Waals surface area contributed by atoms with Crippen LogP contribution in [0.3, 0.4) is 0 Å². The number of benzene rings is 1. The molecule has 2 N–H and O–H groups in total. The van der Waals surface area contributed by atoms with Crippen molar-refractivity contribution in [3.05, 3.63) is 48.3 Å². The third-order valence-electron chi connectivity index (χ3n) is 3.40. The molecule has 0 aliphatic rings. The maximum atomic E-state index is 4.70. The molecule has 1 aromatic heterocycles. The van der Waals surface area contributed by atoms with E-state index in [1.54, 1.807) is 0 Å². The number of aliphatic imine (C=N–C) groups is 1. The van der Waals surface area contributed by atoms with E-state index in [0.29, 0.717) is 5.25 Å². The highest BCUT2D eigenvalue weighted by molar-refractivity contribution is 14.0. The smallest absolute Gasteiger partial charge is 0.191 e. The van der Waals surface area contributed by atoms with Crippen LogP contribution in [0, 0.1) is 0 Å². The van der Waals surface area contributed by atoms with Crippen molar-refractivity contribution >= 4 is 41.7 Å². The van der Waals surface area contributed by atoms with Crippen LogP contribution in [0.2, 0.25) is 0 Å². The third-order valence-corrected chi connectivity index (χ3v) is 4.49. The van der Waals surface area contributed by atoms with Crippen molar-refractivity contribution in [2.75, 3.05) is 19.6 Å². The van der Waals surface area contributed by atoms with Gasteiger partial charge in [-0.05, 0) is 31.0 Å². The molecule has 0 bridgehead atoms. The summed E-state index contributed by atoms with van der Waals surface area (Å²) in [5, 5.41) is 11.3. The molecule has 1 heterocycles. The SMILES string of the molecule is CCNC(=NCC(C)Sc1ccccc1)NCCc1cnn(C)c1.I. The summed E-state index contributed by atoms with van der Waals surface area (Å²) in [6.45, 7) is 6.78. The minimum Gasteiger partial charge on any atom is -0.357 e. The Labute approximate surface area is 172 Å². The van der Waals surface area contributed by atoms with E-state index in [9.17, 15) is 0 Å². The number of rotatable bonds is 8. The van der Waals surface area contributed by atoms with Crippen molar-refractivity contribution in [1.29, 1.82) is 0 Å². The largest absolute Gasteiger partial charge is 0.357 e. The van der Waals surface area contributed by atoms with Crippen molar-refractivity contribution in [2.45, 2.75) is 30.4 Å². The van der Waals surface area contributed by atoms with Crippen LogP contribution in [0.1, 0.15) is 19.4 Å². The Morgan fingerprint density at radius 2 is 2.04 bits per heavy atom. The lowest BCUT2D eigenvalue weighted by atomic mass is 10.2. The summed E-state index contributed by atoms with van der Waals surface area (Å²) >= 11 is 1.85. The van der Waals surface area contributed by atoms with Gasteiger partial charge in [0.05, 0.1) is 12.7 Å². The summed E-state index contributed by atoms with van der Waals surface area (Å²) < 4.78 is 1.83. The number of halogens is 1. The molecule has 0 aliphatic carbocycles. The molecule has 138 valence electrons. The van der Waals surface area contributed by atoms with Gasteiger partial charge in [0, 0.05) is 36.5 Å². The molecule has 0 spiro atoms. The summed E-state index contributed by atoms with van der Waals surface area (Å²) in [5.41, 5.74) is 1.23. The van der Waals surface area contributed by atoms with Crippen LogP contribution in [0.4, 0.5) is 0 Å². The Balaban J connectivity index is 0.00000312. The predicted molar refractivity (Wildman–Crippen MR) is 118 cm³/mol. The summed E-state index contributed by atoms with van der Waals surface area (Å²) in [5.74, 6) is 0.877. The van der Waals surface area contributed by atoms with Crippen molar-refractivity contribution in [2.24, 2.45) is 12.0 Å². The second kappa shape index (κ2) is 12.2. The third kappa shape index (κ3) is 8.62. The second-order valence-electron chi connectivity index (χ2n) is 5.66. The summed E-state index contributed by atoms with van der Waals surface area (Å²) in [4.78, 5) is 5.99. The van der Waals surface area contributed by atoms with Gasteiger partial charge in [-0.15, -0.1) is 35.7 Å². The first kappa shape index (κ1) is 21.8. The Morgan fingerprint density at radius 3 is 2.68 bits per heavy atom. The van der Waals surface area contributed by atoms with E-state index in [2.05, 4.69) is 53.8 Å². The summed E-state index contributed by atoms with van der Waals surface area (Å²) in [6.07, 6.45) is 4.89. The van der Waals surface area contributed by atoms with Gasteiger partial charge in [0.15, 0.2) is 5.96 Å². The number of aromatic nitrogens is 2. The van der Waals surface area contributed by atoms with Crippen molar-refractivity contribution < 1.29 is 0 Å². The maximum absolute atomic E-state index is 4.70. The van der Waals surface area contributed by atoms with Crippen LogP contribution in [0.25, 0.3) is 0 Å². The fraction of sp³-hybridized carbons (Fsp3) is 0.444. The lowest BCUT2D eigenvalue weighted by Gasteiger charge is -2.13. The first-order chi connectivity index (χ1) is 11.7. The summed E-state index contributed by atoms with van der Waals surface area (Å²) in [7, 11) is 1.94. The molecule has 0 amide bonds. The van der Waals surface area contributed by atoms with Gasteiger partial charge in [-0.2, -0.15) is 5.10 Å². The van der Waals surface area contributed by atoms with Crippen LogP contribution in [0.5, 0.6) is 0 Å². The van der Waals surface area contributed by atoms with Crippen molar-refractivity contribution in [3.8, 4) is 0 Å². The van der Waals surface area contributed by atoms with Crippen molar-refractivity contribution in [1.82, 2.24) is 20.4 Å². The highest BCUT2D eigenvalue weighted by Crippen LogP contribution is 2.22. The highest BCUT2D eigenvalue weighted by atomic mass is 127. The normalized spacial score (nSPS) is 12.4. The first-order valence-electron chi connectivity index (χ1n) is 8.38. The van der Waals surface area contributed by atoms with Gasteiger partial charge in [0.2, 0.25) is 0 Å². The van der Waals surface area contributed by atoms with E-state index < -0.39 is 0 Å². The molecule has 1 atom stereocenters. The van der Waals surface area contributed by atoms with Gasteiger partial charge in [-0.25, -0.2) is 0 Å². The summed E-state index contributed by atoms with van der Waals surface area (Å²) in [6, 6.07) is 10.5. The zero-order chi connectivity index (χ0) is 17.2. The molecular weight excluding hydrogens is 445 g/mol. The first-order valence-corrected chi connectivity index (χ1v) is 9.26. The lowest BCUT2D eigenvalue weighted by molar-refractivity contribution is 0.764. The van der Waals surface area contributed by atoms with Gasteiger partial charge in [0.1, 0.15) is 0 Å². The fourth-order valence-corrected chi connectivity index (χ4v) is 3.18. The van der Waals surface area contributed by atoms with Crippen LogP contribution in [-0.4, -0.2) is 40.6 Å². The van der Waals surface area contributed by atoms with Gasteiger partial charge < -0.3 is 10.6 Å². The monoisotopic (exact) mass is 473 g/mol. The molecule has 2 aromatic rings. The molecule has 1 unspecified atom stereocenters. The molecule has 0 saturated heterocycles. The molecule has 7 heteroatoms. The van der Waals surface area contributed by atoms with Crippen LogP contribution < -0.4 is 10.6 Å². The lowest BCUT2D eigenvalue weighted by Crippen LogP contribution is -2.38. The molecule has 0 radical (unpaired) electrons. The second-order valence-corrected chi connectivity index (χ2v) is 7.17. The van der Waals surface area contributed by atoms with Crippen molar-refractivity contribution in [3.63, 3.8) is 0 Å². The van der Waals surface area contributed by atoms with E-state index >= 15 is 0 Å². The maximum Gasteiger partial charge on any atom is 0.191 e. The number of nitrogens with one attached hydrogen (secondary N) is 2. The Bertz CT molecular complexity index is 629. The Kier molecular flexibility index (Phi) is 10.6. The Morgan fingerprint density at radius 1 is 1.28 bits per heavy atom. The number of nitrogens with zero attached hydrogens (tertiary/aromatic N) is 3. The molecule has 0 aliphatic heterocycles. The average molecular weight is 473 g/mol. The number of hydrogen-bond donors (Lipinski definition) is 2. The molecule has 2 rings (SSSR count). The molecule has 0 fully saturated rings. The average Bonchev–Trinajstić information content (AvgIpc) is 2.99. The van der Waals surface area contributed by atoms with E-state index in [0.717, 1.165) is 32.0 Å². The number of thioether (sulfide) groups is 1. The predicted octanol–water partition coefficient (Wildman–Crippen LogP) is 3.32. The van der Waals surface area contributed by atoms with E-state index in [1.165, 1.54) is 10.5 Å². The van der Waals surface area contributed by atoms with Gasteiger partial charge in [0.25, 0.3) is 0 Å². The molecule has 25 heavy (non-hydrogen) atoms. The fourth-order valence-electron chi connectivity index (χ4n) is 2.26. The molecule has 0 saturated carbocycles. The zero-order valence-electron chi connectivity index (χ0n) is 15.1. The number of aryl methyl sites for hydroxylation is 1. The minimum absolute atomic E-state index is 0. The standard InChI is InChI=1S/C18H27N5S.HI/c1-4-19-18(20-11-10-16-13-22-23(3)14-16)21-12-15(2)24-17-8-6-5-7-9-17;/h5-9,13-15H,4,10-12H2,1-3H3,(H2,19,20,21);1H. The zero-order valence-corrected chi connectivity index (χ0v) is 18.3. The minimum atomic E-state index is 0. The highest BCUT2D eigenvalue weighted by Gasteiger charge is 2.05. The molecular formula is C18H28IN5S. The number of guanidine groups is 1. The van der Waals surface area contributed by atoms with Crippen LogP contribution >= 0.6 is 35.7 Å². The molecule has 5 nitrogen and oxygen atoms in total. The van der Waals surface area contributed by atoms with E-state index in [-0.39, 0.29) is 24.0 Å².